The van der Waals surface area contributed by atoms with Crippen molar-refractivity contribution < 1.29 is 23.1 Å². The summed E-state index contributed by atoms with van der Waals surface area (Å²) in [5, 5.41) is 11.7. The minimum Gasteiger partial charge on any atom is -0.394 e. The average Bonchev–Trinajstić information content (AvgIpc) is 3.08. The molecule has 0 bridgehead atoms. The van der Waals surface area contributed by atoms with Gasteiger partial charge in [-0.25, -0.2) is 0 Å². The minimum absolute atomic E-state index is 0.0354. The first kappa shape index (κ1) is 13.6. The zero-order chi connectivity index (χ0) is 13.4. The molecule has 0 aromatic carbocycles. The van der Waals surface area contributed by atoms with E-state index in [-0.39, 0.29) is 19.4 Å². The average molecular weight is 265 g/mol. The van der Waals surface area contributed by atoms with Crippen LogP contribution in [-0.2, 0) is 4.79 Å². The van der Waals surface area contributed by atoms with Gasteiger partial charge in [0.2, 0.25) is 5.91 Å². The second-order valence-electron chi connectivity index (χ2n) is 5.47. The van der Waals surface area contributed by atoms with Crippen LogP contribution in [0.25, 0.3) is 0 Å². The van der Waals surface area contributed by atoms with Crippen LogP contribution >= 0.6 is 0 Å². The molecule has 0 heterocycles. The summed E-state index contributed by atoms with van der Waals surface area (Å²) in [4.78, 5) is 11.9. The van der Waals surface area contributed by atoms with E-state index in [0.717, 1.165) is 0 Å². The van der Waals surface area contributed by atoms with Gasteiger partial charge in [-0.05, 0) is 25.7 Å². The third-order valence-corrected chi connectivity index (χ3v) is 4.07. The molecule has 18 heavy (non-hydrogen) atoms. The van der Waals surface area contributed by atoms with E-state index in [1.54, 1.807) is 0 Å². The van der Waals surface area contributed by atoms with Gasteiger partial charge in [0.25, 0.3) is 0 Å². The second-order valence-corrected chi connectivity index (χ2v) is 5.47. The third kappa shape index (κ3) is 2.79. The van der Waals surface area contributed by atoms with Crippen molar-refractivity contribution in [1.29, 1.82) is 0 Å². The molecule has 0 radical (unpaired) electrons. The van der Waals surface area contributed by atoms with E-state index in [0.29, 0.717) is 25.7 Å². The van der Waals surface area contributed by atoms with E-state index in [1.165, 1.54) is 0 Å². The Balaban J connectivity index is 2.02. The highest BCUT2D eigenvalue weighted by molar-refractivity contribution is 5.80. The van der Waals surface area contributed by atoms with Crippen LogP contribution in [0.5, 0.6) is 0 Å². The van der Waals surface area contributed by atoms with Crippen LogP contribution in [0.3, 0.4) is 0 Å². The number of hydrogen-bond donors (Lipinski definition) is 2. The van der Waals surface area contributed by atoms with Crippen LogP contribution in [0.2, 0.25) is 0 Å². The molecule has 2 fully saturated rings. The minimum atomic E-state index is -4.31. The summed E-state index contributed by atoms with van der Waals surface area (Å²) in [5.41, 5.74) is -0.634. The predicted molar refractivity (Wildman–Crippen MR) is 58.7 cm³/mol. The van der Waals surface area contributed by atoms with Crippen molar-refractivity contribution in [2.24, 2.45) is 11.8 Å². The summed E-state index contributed by atoms with van der Waals surface area (Å²) in [6, 6.07) is 0. The summed E-state index contributed by atoms with van der Waals surface area (Å²) in [5.74, 6) is -3.05. The lowest BCUT2D eigenvalue weighted by Crippen LogP contribution is -2.48. The number of amides is 1. The maximum absolute atomic E-state index is 12.9. The number of alkyl halides is 3. The third-order valence-electron chi connectivity index (χ3n) is 4.07. The number of nitrogens with one attached hydrogen (secondary N) is 1. The molecule has 0 aromatic heterocycles. The van der Waals surface area contributed by atoms with Crippen LogP contribution in [-0.4, -0.2) is 29.3 Å². The van der Waals surface area contributed by atoms with E-state index < -0.39 is 29.5 Å². The zero-order valence-electron chi connectivity index (χ0n) is 10.1. The van der Waals surface area contributed by atoms with Crippen LogP contribution in [0, 0.1) is 11.8 Å². The lowest BCUT2D eigenvalue weighted by atomic mass is 9.78. The van der Waals surface area contributed by atoms with Gasteiger partial charge in [-0.1, -0.05) is 12.8 Å². The van der Waals surface area contributed by atoms with Gasteiger partial charge in [0.1, 0.15) is 0 Å². The molecule has 2 saturated carbocycles. The summed E-state index contributed by atoms with van der Waals surface area (Å²) in [7, 11) is 0. The van der Waals surface area contributed by atoms with Crippen molar-refractivity contribution in [3.8, 4) is 0 Å². The number of rotatable bonds is 3. The highest BCUT2D eigenvalue weighted by atomic mass is 19.4. The highest BCUT2D eigenvalue weighted by Gasteiger charge is 2.51. The quantitative estimate of drug-likeness (QED) is 0.820. The van der Waals surface area contributed by atoms with Gasteiger partial charge in [0, 0.05) is 5.92 Å². The summed E-state index contributed by atoms with van der Waals surface area (Å²) in [6.07, 6.45) is -1.49. The molecule has 0 saturated heterocycles. The number of hydrogen-bond acceptors (Lipinski definition) is 2. The lowest BCUT2D eigenvalue weighted by Gasteiger charge is -2.33. The molecule has 6 heteroatoms. The number of aliphatic hydroxyl groups excluding tert-OH is 1. The lowest BCUT2D eigenvalue weighted by molar-refractivity contribution is -0.198. The fourth-order valence-corrected chi connectivity index (χ4v) is 2.66. The molecule has 2 rings (SSSR count). The first-order chi connectivity index (χ1) is 8.38. The van der Waals surface area contributed by atoms with Gasteiger partial charge >= 0.3 is 6.18 Å². The Morgan fingerprint density at radius 3 is 2.39 bits per heavy atom. The molecule has 2 aliphatic rings. The van der Waals surface area contributed by atoms with Crippen LogP contribution in [0.15, 0.2) is 0 Å². The Hall–Kier alpha value is -0.780. The topological polar surface area (TPSA) is 49.3 Å². The molecule has 2 N–H and O–H groups in total. The fourth-order valence-electron chi connectivity index (χ4n) is 2.66. The Bertz CT molecular complexity index is 326. The fraction of sp³-hybridized carbons (Fsp3) is 0.917. The summed E-state index contributed by atoms with van der Waals surface area (Å²) in [6.45, 7) is -0.192. The van der Waals surface area contributed by atoms with Crippen molar-refractivity contribution in [1.82, 2.24) is 5.32 Å². The monoisotopic (exact) mass is 265 g/mol. The van der Waals surface area contributed by atoms with Gasteiger partial charge in [-0.15, -0.1) is 0 Å². The van der Waals surface area contributed by atoms with Crippen LogP contribution in [0.4, 0.5) is 13.2 Å². The molecule has 0 aliphatic heterocycles. The molecule has 2 unspecified atom stereocenters. The number of carbonyl (C=O) groups is 1. The van der Waals surface area contributed by atoms with Crippen LogP contribution < -0.4 is 5.32 Å². The van der Waals surface area contributed by atoms with Gasteiger partial charge in [-0.3, -0.25) is 4.79 Å². The first-order valence-corrected chi connectivity index (χ1v) is 6.38. The van der Waals surface area contributed by atoms with Crippen molar-refractivity contribution in [2.75, 3.05) is 6.61 Å². The van der Waals surface area contributed by atoms with Crippen molar-refractivity contribution in [2.45, 2.75) is 50.2 Å². The largest absolute Gasteiger partial charge is 0.394 e. The van der Waals surface area contributed by atoms with E-state index in [4.69, 9.17) is 5.11 Å². The maximum atomic E-state index is 12.9. The SMILES string of the molecule is O=C(NC1(CO)CC1)C1CCCCC1C(F)(F)F. The van der Waals surface area contributed by atoms with E-state index in [1.807, 2.05) is 0 Å². The first-order valence-electron chi connectivity index (χ1n) is 6.38. The van der Waals surface area contributed by atoms with Gasteiger partial charge in [-0.2, -0.15) is 13.2 Å². The molecular weight excluding hydrogens is 247 g/mol. The number of halogens is 3. The zero-order valence-corrected chi connectivity index (χ0v) is 10.1. The van der Waals surface area contributed by atoms with Gasteiger partial charge in [0.15, 0.2) is 0 Å². The second kappa shape index (κ2) is 4.72. The Morgan fingerprint density at radius 1 is 1.28 bits per heavy atom. The maximum Gasteiger partial charge on any atom is 0.392 e. The summed E-state index contributed by atoms with van der Waals surface area (Å²) >= 11 is 0. The molecule has 0 spiro atoms. The number of aliphatic hydroxyl groups is 1. The molecule has 2 atom stereocenters. The highest BCUT2D eigenvalue weighted by Crippen LogP contribution is 2.43. The van der Waals surface area contributed by atoms with Crippen molar-refractivity contribution in [3.63, 3.8) is 0 Å². The standard InChI is InChI=1S/C12H18F3NO2/c13-12(14,15)9-4-2-1-3-8(9)10(18)16-11(7-17)5-6-11/h8-9,17H,1-7H2,(H,16,18). The Morgan fingerprint density at radius 2 is 1.89 bits per heavy atom. The Labute approximate surface area is 104 Å². The van der Waals surface area contributed by atoms with Gasteiger partial charge < -0.3 is 10.4 Å². The molecular formula is C12H18F3NO2. The molecule has 1 amide bonds. The van der Waals surface area contributed by atoms with E-state index in [2.05, 4.69) is 5.32 Å². The van der Waals surface area contributed by atoms with Crippen LogP contribution in [0.1, 0.15) is 38.5 Å². The Kier molecular flexibility index (Phi) is 3.58. The predicted octanol–water partition coefficient (Wildman–Crippen LogP) is 2.00. The normalized spacial score (nSPS) is 30.9. The number of carbonyl (C=O) groups excluding carboxylic acids is 1. The molecule has 104 valence electrons. The van der Waals surface area contributed by atoms with Gasteiger partial charge in [0.05, 0.1) is 18.1 Å². The molecule has 3 nitrogen and oxygen atoms in total. The van der Waals surface area contributed by atoms with Crippen molar-refractivity contribution in [3.05, 3.63) is 0 Å². The van der Waals surface area contributed by atoms with E-state index in [9.17, 15) is 18.0 Å². The van der Waals surface area contributed by atoms with Crippen molar-refractivity contribution >= 4 is 5.91 Å². The molecule has 0 aromatic rings. The van der Waals surface area contributed by atoms with E-state index >= 15 is 0 Å². The molecule has 2 aliphatic carbocycles. The smallest absolute Gasteiger partial charge is 0.392 e. The summed E-state index contributed by atoms with van der Waals surface area (Å²) < 4.78 is 38.6.